The number of aliphatic hydroxyl groups excluding tert-OH is 1. The van der Waals surface area contributed by atoms with E-state index in [4.69, 9.17) is 5.11 Å². The molecule has 0 aliphatic carbocycles. The van der Waals surface area contributed by atoms with Crippen LogP contribution in [0.4, 0.5) is 0 Å². The molecule has 2 atom stereocenters. The van der Waals surface area contributed by atoms with Gasteiger partial charge in [0.1, 0.15) is 0 Å². The molecule has 0 spiro atoms. The molecule has 71 valence electrons. The Morgan fingerprint density at radius 2 is 2.17 bits per heavy atom. The van der Waals surface area contributed by atoms with E-state index in [1.165, 1.54) is 5.92 Å². The van der Waals surface area contributed by atoms with Crippen molar-refractivity contribution >= 4 is 0 Å². The number of hydrogen-bond acceptors (Lipinski definition) is 2. The van der Waals surface area contributed by atoms with Crippen molar-refractivity contribution in [1.82, 2.24) is 4.90 Å². The SMILES string of the molecule is C[C](C)CN1CC(CO)CC1C. The molecule has 1 rings (SSSR count). The highest BCUT2D eigenvalue weighted by atomic mass is 16.3. The topological polar surface area (TPSA) is 23.5 Å². The molecule has 1 aliphatic rings. The van der Waals surface area contributed by atoms with Crippen LogP contribution in [0.3, 0.4) is 0 Å². The predicted octanol–water partition coefficient (Wildman–Crippen LogP) is 1.30. The second-order valence-corrected chi connectivity index (χ2v) is 4.27. The monoisotopic (exact) mass is 170 g/mol. The van der Waals surface area contributed by atoms with E-state index in [9.17, 15) is 0 Å². The van der Waals surface area contributed by atoms with Crippen LogP contribution in [0.1, 0.15) is 27.2 Å². The lowest BCUT2D eigenvalue weighted by Crippen LogP contribution is -2.30. The van der Waals surface area contributed by atoms with Gasteiger partial charge in [-0.25, -0.2) is 0 Å². The summed E-state index contributed by atoms with van der Waals surface area (Å²) in [5.74, 6) is 1.97. The van der Waals surface area contributed by atoms with Crippen LogP contribution in [-0.2, 0) is 0 Å². The molecule has 0 aromatic rings. The molecule has 2 unspecified atom stereocenters. The van der Waals surface area contributed by atoms with Crippen molar-refractivity contribution in [2.45, 2.75) is 33.2 Å². The Bertz CT molecular complexity index is 136. The molecule has 1 radical (unpaired) electrons. The third kappa shape index (κ3) is 2.46. The molecule has 1 N–H and O–H groups in total. The molecular weight excluding hydrogens is 150 g/mol. The van der Waals surface area contributed by atoms with Crippen LogP contribution in [-0.4, -0.2) is 35.7 Å². The van der Waals surface area contributed by atoms with Crippen LogP contribution >= 0.6 is 0 Å². The molecule has 1 aliphatic heterocycles. The number of nitrogens with zero attached hydrogens (tertiary/aromatic N) is 1. The summed E-state index contributed by atoms with van der Waals surface area (Å²) >= 11 is 0. The van der Waals surface area contributed by atoms with E-state index in [2.05, 4.69) is 25.7 Å². The Morgan fingerprint density at radius 1 is 1.50 bits per heavy atom. The summed E-state index contributed by atoms with van der Waals surface area (Å²) < 4.78 is 0. The summed E-state index contributed by atoms with van der Waals surface area (Å²) in [5.41, 5.74) is 0. The molecule has 0 aromatic heterocycles. The largest absolute Gasteiger partial charge is 0.396 e. The van der Waals surface area contributed by atoms with Crippen molar-refractivity contribution in [3.05, 3.63) is 5.92 Å². The van der Waals surface area contributed by atoms with Gasteiger partial charge < -0.3 is 5.11 Å². The standard InChI is InChI=1S/C10H20NO/c1-8(2)5-11-6-10(7-12)4-9(11)3/h9-10,12H,4-7H2,1-3H3. The molecule has 1 heterocycles. The quantitative estimate of drug-likeness (QED) is 0.690. The lowest BCUT2D eigenvalue weighted by Gasteiger charge is -2.22. The molecule has 0 saturated carbocycles. The highest BCUT2D eigenvalue weighted by Crippen LogP contribution is 2.23. The van der Waals surface area contributed by atoms with Gasteiger partial charge in [0.15, 0.2) is 0 Å². The molecule has 0 bridgehead atoms. The highest BCUT2D eigenvalue weighted by molar-refractivity contribution is 4.89. The Morgan fingerprint density at radius 3 is 2.58 bits per heavy atom. The maximum atomic E-state index is 9.00. The summed E-state index contributed by atoms with van der Waals surface area (Å²) in [4.78, 5) is 2.45. The van der Waals surface area contributed by atoms with E-state index in [-0.39, 0.29) is 0 Å². The zero-order chi connectivity index (χ0) is 9.14. The van der Waals surface area contributed by atoms with Gasteiger partial charge in [-0.2, -0.15) is 0 Å². The van der Waals surface area contributed by atoms with Gasteiger partial charge in [-0.15, -0.1) is 0 Å². The Labute approximate surface area is 75.6 Å². The van der Waals surface area contributed by atoms with Crippen LogP contribution in [0.15, 0.2) is 0 Å². The Balaban J connectivity index is 2.35. The predicted molar refractivity (Wildman–Crippen MR) is 50.8 cm³/mol. The average molecular weight is 170 g/mol. The molecule has 0 aromatic carbocycles. The van der Waals surface area contributed by atoms with Gasteiger partial charge in [0, 0.05) is 25.7 Å². The zero-order valence-corrected chi connectivity index (χ0v) is 8.38. The molecule has 2 heteroatoms. The van der Waals surface area contributed by atoms with E-state index >= 15 is 0 Å². The van der Waals surface area contributed by atoms with Gasteiger partial charge in [-0.1, -0.05) is 13.8 Å². The Kier molecular flexibility index (Phi) is 3.53. The maximum absolute atomic E-state index is 9.00. The van der Waals surface area contributed by atoms with Gasteiger partial charge in [-0.3, -0.25) is 4.90 Å². The average Bonchev–Trinajstić information content (AvgIpc) is 2.31. The van der Waals surface area contributed by atoms with E-state index in [1.54, 1.807) is 0 Å². The molecule has 0 amide bonds. The van der Waals surface area contributed by atoms with E-state index < -0.39 is 0 Å². The van der Waals surface area contributed by atoms with Crippen LogP contribution in [0.5, 0.6) is 0 Å². The van der Waals surface area contributed by atoms with Crippen LogP contribution in [0, 0.1) is 11.8 Å². The minimum Gasteiger partial charge on any atom is -0.396 e. The fraction of sp³-hybridized carbons (Fsp3) is 0.900. The third-order valence-corrected chi connectivity index (χ3v) is 2.57. The van der Waals surface area contributed by atoms with Gasteiger partial charge in [0.05, 0.1) is 0 Å². The van der Waals surface area contributed by atoms with Crippen molar-refractivity contribution in [3.63, 3.8) is 0 Å². The second-order valence-electron chi connectivity index (χ2n) is 4.27. The van der Waals surface area contributed by atoms with Crippen molar-refractivity contribution in [1.29, 1.82) is 0 Å². The molecular formula is C10H20NO. The fourth-order valence-electron chi connectivity index (χ4n) is 1.98. The summed E-state index contributed by atoms with van der Waals surface area (Å²) in [6.07, 6.45) is 1.16. The number of rotatable bonds is 3. The molecule has 1 saturated heterocycles. The minimum absolute atomic E-state index is 0.351. The number of hydrogen-bond donors (Lipinski definition) is 1. The number of aliphatic hydroxyl groups is 1. The first-order valence-corrected chi connectivity index (χ1v) is 4.77. The van der Waals surface area contributed by atoms with E-state index in [0.29, 0.717) is 18.6 Å². The fourth-order valence-corrected chi connectivity index (χ4v) is 1.98. The summed E-state index contributed by atoms with van der Waals surface area (Å²) in [6, 6.07) is 0.650. The first kappa shape index (κ1) is 10.0. The van der Waals surface area contributed by atoms with Crippen molar-refractivity contribution < 1.29 is 5.11 Å². The first-order chi connectivity index (χ1) is 5.63. The van der Waals surface area contributed by atoms with Gasteiger partial charge in [0.2, 0.25) is 0 Å². The van der Waals surface area contributed by atoms with E-state index in [0.717, 1.165) is 19.5 Å². The van der Waals surface area contributed by atoms with Crippen LogP contribution < -0.4 is 0 Å². The van der Waals surface area contributed by atoms with Crippen LogP contribution in [0.25, 0.3) is 0 Å². The lowest BCUT2D eigenvalue weighted by molar-refractivity contribution is 0.220. The highest BCUT2D eigenvalue weighted by Gasteiger charge is 2.28. The lowest BCUT2D eigenvalue weighted by atomic mass is 10.1. The zero-order valence-electron chi connectivity index (χ0n) is 8.38. The maximum Gasteiger partial charge on any atom is 0.0472 e. The van der Waals surface area contributed by atoms with Gasteiger partial charge in [-0.05, 0) is 25.2 Å². The number of likely N-dealkylation sites (tertiary alicyclic amines) is 1. The Hall–Kier alpha value is -0.0800. The van der Waals surface area contributed by atoms with Crippen LogP contribution in [0.2, 0.25) is 0 Å². The normalized spacial score (nSPS) is 31.8. The molecule has 2 nitrogen and oxygen atoms in total. The second kappa shape index (κ2) is 4.24. The molecule has 1 fully saturated rings. The van der Waals surface area contributed by atoms with Gasteiger partial charge in [0.25, 0.3) is 0 Å². The smallest absolute Gasteiger partial charge is 0.0472 e. The first-order valence-electron chi connectivity index (χ1n) is 4.77. The van der Waals surface area contributed by atoms with Crippen molar-refractivity contribution in [2.24, 2.45) is 5.92 Å². The summed E-state index contributed by atoms with van der Waals surface area (Å²) in [7, 11) is 0. The third-order valence-electron chi connectivity index (χ3n) is 2.57. The minimum atomic E-state index is 0.351. The summed E-state index contributed by atoms with van der Waals surface area (Å²) in [6.45, 7) is 9.10. The van der Waals surface area contributed by atoms with Crippen molar-refractivity contribution in [3.8, 4) is 0 Å². The van der Waals surface area contributed by atoms with E-state index in [1.807, 2.05) is 0 Å². The summed E-state index contributed by atoms with van der Waals surface area (Å²) in [5, 5.41) is 9.00. The molecule has 12 heavy (non-hydrogen) atoms. The van der Waals surface area contributed by atoms with Crippen molar-refractivity contribution in [2.75, 3.05) is 19.7 Å². The van der Waals surface area contributed by atoms with Gasteiger partial charge >= 0.3 is 0 Å².